The Balaban J connectivity index is 0.00000237. The molecule has 42 heavy (non-hydrogen) atoms. The molecule has 1 unspecified atom stereocenters. The van der Waals surface area contributed by atoms with E-state index in [9.17, 15) is 14.1 Å². The minimum absolute atomic E-state index is 0.111. The van der Waals surface area contributed by atoms with Crippen LogP contribution in [-0.2, 0) is 22.8 Å². The molecule has 1 amide bonds. The number of benzene rings is 3. The fourth-order valence-electron chi connectivity index (χ4n) is 4.92. The van der Waals surface area contributed by atoms with Crippen LogP contribution in [0.25, 0.3) is 10.9 Å². The van der Waals surface area contributed by atoms with Gasteiger partial charge in [0.1, 0.15) is 5.75 Å². The van der Waals surface area contributed by atoms with E-state index in [0.29, 0.717) is 30.3 Å². The van der Waals surface area contributed by atoms with Crippen molar-refractivity contribution in [1.82, 2.24) is 9.88 Å². The number of nitrogens with zero attached hydrogens (tertiary/aromatic N) is 1. The van der Waals surface area contributed by atoms with E-state index in [0.717, 1.165) is 38.9 Å². The summed E-state index contributed by atoms with van der Waals surface area (Å²) in [4.78, 5) is 28.1. The van der Waals surface area contributed by atoms with Crippen LogP contribution in [0.15, 0.2) is 60.7 Å². The molecule has 0 fully saturated rings. The fourth-order valence-corrected chi connectivity index (χ4v) is 4.92. The first-order valence-corrected chi connectivity index (χ1v) is 14.7. The molecule has 4 rings (SSSR count). The van der Waals surface area contributed by atoms with Crippen molar-refractivity contribution in [2.45, 2.75) is 86.9 Å². The summed E-state index contributed by atoms with van der Waals surface area (Å²) < 4.78 is 20.4. The van der Waals surface area contributed by atoms with Crippen molar-refractivity contribution in [3.8, 4) is 5.75 Å². The van der Waals surface area contributed by atoms with E-state index in [1.54, 1.807) is 13.0 Å². The highest BCUT2D eigenvalue weighted by Gasteiger charge is 2.22. The molecule has 0 aliphatic heterocycles. The molecule has 0 bridgehead atoms. The fraction of sp³-hybridized carbons (Fsp3) is 0.371. The van der Waals surface area contributed by atoms with Crippen LogP contribution >= 0.6 is 0 Å². The lowest BCUT2D eigenvalue weighted by Gasteiger charge is -2.16. The summed E-state index contributed by atoms with van der Waals surface area (Å²) in [5.41, 5.74) is 8.23. The second kappa shape index (κ2) is 14.7. The number of nitrogens with one attached hydrogen (secondary N) is 1. The van der Waals surface area contributed by atoms with E-state index in [2.05, 4.69) is 54.7 Å². The molecule has 0 radical (unpaired) electrons. The molecule has 224 valence electrons. The van der Waals surface area contributed by atoms with Crippen molar-refractivity contribution in [2.75, 3.05) is 0 Å². The number of aryl methyl sites for hydroxylation is 2. The quantitative estimate of drug-likeness (QED) is 0.207. The molecule has 0 spiro atoms. The van der Waals surface area contributed by atoms with E-state index < -0.39 is 12.1 Å². The van der Waals surface area contributed by atoms with Gasteiger partial charge in [0.25, 0.3) is 5.91 Å². The largest absolute Gasteiger partial charge is 0.479 e. The first-order valence-electron chi connectivity index (χ1n) is 14.7. The van der Waals surface area contributed by atoms with Gasteiger partial charge in [0.2, 0.25) is 0 Å². The van der Waals surface area contributed by atoms with Crippen molar-refractivity contribution < 1.29 is 23.8 Å². The summed E-state index contributed by atoms with van der Waals surface area (Å²) >= 11 is 0. The lowest BCUT2D eigenvalue weighted by molar-refractivity contribution is -0.192. The van der Waals surface area contributed by atoms with E-state index in [1.165, 1.54) is 5.56 Å². The van der Waals surface area contributed by atoms with Crippen molar-refractivity contribution >= 4 is 22.8 Å². The topological polar surface area (TPSA) is 69.6 Å². The predicted octanol–water partition coefficient (Wildman–Crippen LogP) is 8.28. The zero-order valence-corrected chi connectivity index (χ0v) is 26.0. The average Bonchev–Trinajstić information content (AvgIpc) is 3.24. The Morgan fingerprint density at radius 2 is 1.71 bits per heavy atom. The molecule has 1 atom stereocenters. The molecule has 7 heteroatoms. The maximum absolute atomic E-state index is 13.1. The molecule has 0 aliphatic carbocycles. The van der Waals surface area contributed by atoms with Crippen LogP contribution in [0.5, 0.6) is 5.75 Å². The third-order valence-electron chi connectivity index (χ3n) is 7.61. The van der Waals surface area contributed by atoms with E-state index in [4.69, 9.17) is 4.74 Å². The summed E-state index contributed by atoms with van der Waals surface area (Å²) in [5.74, 6) is -0.252. The average molecular weight is 575 g/mol. The first-order chi connectivity index (χ1) is 20.1. The van der Waals surface area contributed by atoms with E-state index in [-0.39, 0.29) is 12.3 Å². The van der Waals surface area contributed by atoms with Crippen LogP contribution in [0.3, 0.4) is 0 Å². The molecule has 0 saturated heterocycles. The Morgan fingerprint density at radius 3 is 2.38 bits per heavy atom. The number of fused-ring (bicyclic) bond motifs is 1. The molecule has 1 heterocycles. The molecular weight excluding hydrogens is 531 g/mol. The van der Waals surface area contributed by atoms with Gasteiger partial charge in [-0.15, -0.1) is 0 Å². The summed E-state index contributed by atoms with van der Waals surface area (Å²) in [6.07, 6.45) is -0.729. The number of hydrogen-bond donors (Lipinski definition) is 1. The van der Waals surface area contributed by atoms with Crippen molar-refractivity contribution in [2.24, 2.45) is 0 Å². The zero-order valence-electron chi connectivity index (χ0n) is 26.0. The predicted molar refractivity (Wildman–Crippen MR) is 167 cm³/mol. The standard InChI is InChI=1S/C33H37FN2O4.C2H6/c1-7-31(33(38)40-34)39-28-13-11-21(4)27(16-28)19-36-23(6)22(5)29-17-26(12-14-30(29)36)32(37)35-18-24-9-8-10-25(15-24)20(2)3;1-2/h8-17,20,31H,7,18-19H2,1-6H3,(H,35,37);1-2H3. The highest BCUT2D eigenvalue weighted by atomic mass is 19.3. The number of hydrogen-bond acceptors (Lipinski definition) is 4. The third kappa shape index (κ3) is 7.38. The number of aromatic nitrogens is 1. The number of rotatable bonds is 10. The molecule has 1 N–H and O–H groups in total. The van der Waals surface area contributed by atoms with E-state index >= 15 is 0 Å². The van der Waals surface area contributed by atoms with Gasteiger partial charge in [0, 0.05) is 39.8 Å². The van der Waals surface area contributed by atoms with Gasteiger partial charge in [-0.3, -0.25) is 9.74 Å². The van der Waals surface area contributed by atoms with Gasteiger partial charge in [-0.1, -0.05) is 65.0 Å². The summed E-state index contributed by atoms with van der Waals surface area (Å²) in [6.45, 7) is 17.2. The van der Waals surface area contributed by atoms with Crippen LogP contribution in [0.4, 0.5) is 4.53 Å². The van der Waals surface area contributed by atoms with Gasteiger partial charge in [0.15, 0.2) is 6.10 Å². The zero-order chi connectivity index (χ0) is 31.0. The minimum Gasteiger partial charge on any atom is -0.479 e. The van der Waals surface area contributed by atoms with Crippen molar-refractivity contribution in [3.63, 3.8) is 0 Å². The normalized spacial score (nSPS) is 11.6. The van der Waals surface area contributed by atoms with Gasteiger partial charge in [-0.05, 0) is 91.3 Å². The molecule has 1 aromatic heterocycles. The SMILES string of the molecule is CC.CCC(Oc1ccc(C)c(Cn2c(C)c(C)c3cc(C(=O)NCc4cccc(C(C)C)c4)ccc32)c1)C(=O)OF. The second-order valence-electron chi connectivity index (χ2n) is 10.6. The maximum Gasteiger partial charge on any atom is 0.388 e. The molecule has 0 aliphatic rings. The Morgan fingerprint density at radius 1 is 0.976 bits per heavy atom. The lowest BCUT2D eigenvalue weighted by atomic mass is 10.0. The monoisotopic (exact) mass is 574 g/mol. The van der Waals surface area contributed by atoms with E-state index in [1.807, 2.05) is 63.2 Å². The maximum atomic E-state index is 13.1. The van der Waals surface area contributed by atoms with Gasteiger partial charge in [-0.2, -0.15) is 0 Å². The number of carbonyl (C=O) groups is 2. The lowest BCUT2D eigenvalue weighted by Crippen LogP contribution is -2.26. The van der Waals surface area contributed by atoms with Gasteiger partial charge in [0.05, 0.1) is 0 Å². The van der Waals surface area contributed by atoms with Crippen molar-refractivity contribution in [3.05, 3.63) is 99.7 Å². The summed E-state index contributed by atoms with van der Waals surface area (Å²) in [5, 5.41) is 4.08. The Kier molecular flexibility index (Phi) is 11.3. The number of carbonyl (C=O) groups excluding carboxylic acids is 2. The molecule has 0 saturated carbocycles. The van der Waals surface area contributed by atoms with Gasteiger partial charge < -0.3 is 14.6 Å². The highest BCUT2D eigenvalue weighted by Crippen LogP contribution is 2.29. The van der Waals surface area contributed by atoms with Crippen LogP contribution in [0, 0.1) is 20.8 Å². The van der Waals surface area contributed by atoms with Crippen LogP contribution in [-0.4, -0.2) is 22.5 Å². The third-order valence-corrected chi connectivity index (χ3v) is 7.61. The minimum atomic E-state index is -1.04. The Labute approximate surface area is 248 Å². The molecule has 6 nitrogen and oxygen atoms in total. The van der Waals surface area contributed by atoms with Crippen molar-refractivity contribution in [1.29, 1.82) is 0 Å². The Hall–Kier alpha value is -4.13. The number of amides is 1. The van der Waals surface area contributed by atoms with Crippen LogP contribution in [0.2, 0.25) is 0 Å². The first kappa shape index (κ1) is 32.4. The second-order valence-corrected chi connectivity index (χ2v) is 10.6. The Bertz CT molecular complexity index is 1540. The summed E-state index contributed by atoms with van der Waals surface area (Å²) in [7, 11) is 0. The van der Waals surface area contributed by atoms with Crippen LogP contribution in [0.1, 0.15) is 90.8 Å². The van der Waals surface area contributed by atoms with Crippen LogP contribution < -0.4 is 10.1 Å². The molecule has 3 aromatic carbocycles. The molecule has 4 aromatic rings. The molecular formula is C35H43FN2O4. The number of ether oxygens (including phenoxy) is 1. The van der Waals surface area contributed by atoms with Gasteiger partial charge in [-0.25, -0.2) is 4.79 Å². The van der Waals surface area contributed by atoms with Gasteiger partial charge >= 0.3 is 5.97 Å². The highest BCUT2D eigenvalue weighted by molar-refractivity contribution is 5.99. The summed E-state index contributed by atoms with van der Waals surface area (Å²) in [6, 6.07) is 19.7. The smallest absolute Gasteiger partial charge is 0.388 e. The number of halogens is 1.